The molecule has 7 heteroatoms. The lowest BCUT2D eigenvalue weighted by Crippen LogP contribution is -2.37. The van der Waals surface area contributed by atoms with Crippen molar-refractivity contribution in [2.24, 2.45) is 4.99 Å². The van der Waals surface area contributed by atoms with Crippen molar-refractivity contribution in [2.45, 2.75) is 39.7 Å². The normalized spacial score (nSPS) is 16.9. The van der Waals surface area contributed by atoms with Gasteiger partial charge in [-0.3, -0.25) is 9.36 Å². The molecule has 0 unspecified atom stereocenters. The van der Waals surface area contributed by atoms with E-state index < -0.39 is 0 Å². The highest BCUT2D eigenvalue weighted by molar-refractivity contribution is 9.10. The number of ether oxygens (including phenoxy) is 1. The zero-order valence-electron chi connectivity index (χ0n) is 15.5. The standard InChI is InChI=1S/C20H21BrN2O3S/c1-4-6-15-17(19(25)26-5-2)12(3)23-18(24)16(27-20(23)22-15)11-13-7-9-14(21)10-8-13/h7-11,15H,4-6H2,1-3H3/b16-11-/t15-/m0/s1. The van der Waals surface area contributed by atoms with Gasteiger partial charge in [-0.15, -0.1) is 0 Å². The zero-order valence-corrected chi connectivity index (χ0v) is 17.9. The van der Waals surface area contributed by atoms with Crippen molar-refractivity contribution in [3.8, 4) is 0 Å². The molecule has 0 amide bonds. The molecule has 1 aliphatic heterocycles. The van der Waals surface area contributed by atoms with Crippen molar-refractivity contribution >= 4 is 45.0 Å². The molecule has 0 bridgehead atoms. The van der Waals surface area contributed by atoms with Crippen LogP contribution >= 0.6 is 27.3 Å². The topological polar surface area (TPSA) is 60.7 Å². The summed E-state index contributed by atoms with van der Waals surface area (Å²) in [5, 5.41) is 0. The van der Waals surface area contributed by atoms with Gasteiger partial charge in [0.05, 0.1) is 22.8 Å². The molecule has 142 valence electrons. The number of hydrogen-bond acceptors (Lipinski definition) is 5. The van der Waals surface area contributed by atoms with Gasteiger partial charge in [0.15, 0.2) is 4.80 Å². The first-order valence-electron chi connectivity index (χ1n) is 8.91. The van der Waals surface area contributed by atoms with Crippen LogP contribution in [0.15, 0.2) is 44.1 Å². The minimum atomic E-state index is -0.389. The van der Waals surface area contributed by atoms with Crippen molar-refractivity contribution in [1.29, 1.82) is 0 Å². The minimum Gasteiger partial charge on any atom is -0.463 e. The van der Waals surface area contributed by atoms with E-state index in [2.05, 4.69) is 22.9 Å². The predicted octanol–water partition coefficient (Wildman–Crippen LogP) is 3.10. The van der Waals surface area contributed by atoms with E-state index in [1.807, 2.05) is 30.3 Å². The van der Waals surface area contributed by atoms with Crippen LogP contribution in [0.4, 0.5) is 0 Å². The van der Waals surface area contributed by atoms with E-state index in [9.17, 15) is 9.59 Å². The number of rotatable bonds is 5. The molecular weight excluding hydrogens is 428 g/mol. The van der Waals surface area contributed by atoms with Gasteiger partial charge in [-0.2, -0.15) is 0 Å². The fourth-order valence-corrected chi connectivity index (χ4v) is 4.43. The molecule has 0 saturated heterocycles. The number of halogens is 1. The van der Waals surface area contributed by atoms with E-state index in [0.717, 1.165) is 22.9 Å². The van der Waals surface area contributed by atoms with Crippen LogP contribution in [0.5, 0.6) is 0 Å². The number of esters is 1. The Bertz CT molecular complexity index is 1060. The molecule has 1 aromatic carbocycles. The van der Waals surface area contributed by atoms with Crippen LogP contribution in [0.1, 0.15) is 39.2 Å². The van der Waals surface area contributed by atoms with Gasteiger partial charge >= 0.3 is 5.97 Å². The number of allylic oxidation sites excluding steroid dienone is 1. The molecule has 5 nitrogen and oxygen atoms in total. The zero-order chi connectivity index (χ0) is 19.6. The highest BCUT2D eigenvalue weighted by atomic mass is 79.9. The summed E-state index contributed by atoms with van der Waals surface area (Å²) in [5.74, 6) is -0.389. The van der Waals surface area contributed by atoms with Gasteiger partial charge < -0.3 is 4.74 Å². The van der Waals surface area contributed by atoms with Gasteiger partial charge in [0.1, 0.15) is 0 Å². The van der Waals surface area contributed by atoms with Gasteiger partial charge in [0.25, 0.3) is 5.56 Å². The Hall–Kier alpha value is -1.99. The fourth-order valence-electron chi connectivity index (χ4n) is 3.10. The summed E-state index contributed by atoms with van der Waals surface area (Å²) < 4.78 is 8.33. The molecule has 1 atom stereocenters. The number of aromatic nitrogens is 1. The lowest BCUT2D eigenvalue weighted by atomic mass is 10.00. The fraction of sp³-hybridized carbons (Fsp3) is 0.350. The smallest absolute Gasteiger partial charge is 0.337 e. The van der Waals surface area contributed by atoms with Crippen molar-refractivity contribution in [1.82, 2.24) is 4.57 Å². The summed E-state index contributed by atoms with van der Waals surface area (Å²) in [4.78, 5) is 30.8. The molecular formula is C20H21BrN2O3S. The molecule has 1 aliphatic rings. The largest absolute Gasteiger partial charge is 0.463 e. The lowest BCUT2D eigenvalue weighted by molar-refractivity contribution is -0.138. The maximum Gasteiger partial charge on any atom is 0.337 e. The lowest BCUT2D eigenvalue weighted by Gasteiger charge is -2.21. The number of carbonyl (C=O) groups is 1. The molecule has 0 N–H and O–H groups in total. The number of nitrogens with zero attached hydrogens (tertiary/aromatic N) is 2. The summed E-state index contributed by atoms with van der Waals surface area (Å²) >= 11 is 4.76. The Morgan fingerprint density at radius 1 is 1.33 bits per heavy atom. The molecule has 2 aromatic rings. The van der Waals surface area contributed by atoms with Crippen LogP contribution in [0.3, 0.4) is 0 Å². The van der Waals surface area contributed by atoms with Crippen LogP contribution in [-0.2, 0) is 9.53 Å². The first-order chi connectivity index (χ1) is 13.0. The predicted molar refractivity (Wildman–Crippen MR) is 111 cm³/mol. The van der Waals surface area contributed by atoms with Crippen molar-refractivity contribution < 1.29 is 9.53 Å². The molecule has 1 aromatic heterocycles. The van der Waals surface area contributed by atoms with E-state index in [-0.39, 0.29) is 17.6 Å². The monoisotopic (exact) mass is 448 g/mol. The van der Waals surface area contributed by atoms with Gasteiger partial charge in [-0.05, 0) is 44.0 Å². The van der Waals surface area contributed by atoms with Crippen LogP contribution in [-0.4, -0.2) is 23.2 Å². The SMILES string of the molecule is CCC[C@@H]1N=c2s/c(=C\c3ccc(Br)cc3)c(=O)n2C(C)=C1C(=O)OCC. The number of thiazole rings is 1. The van der Waals surface area contributed by atoms with Crippen LogP contribution in [0.25, 0.3) is 11.8 Å². The third kappa shape index (κ3) is 3.99. The summed E-state index contributed by atoms with van der Waals surface area (Å²) in [7, 11) is 0. The second-order valence-electron chi connectivity index (χ2n) is 6.24. The molecule has 3 rings (SSSR count). The van der Waals surface area contributed by atoms with E-state index in [0.29, 0.717) is 27.2 Å². The molecule has 0 radical (unpaired) electrons. The molecule has 0 aliphatic carbocycles. The first-order valence-corrected chi connectivity index (χ1v) is 10.5. The van der Waals surface area contributed by atoms with Crippen LogP contribution in [0.2, 0.25) is 0 Å². The minimum absolute atomic E-state index is 0.157. The van der Waals surface area contributed by atoms with Crippen LogP contribution in [0, 0.1) is 0 Å². The Labute approximate surface area is 169 Å². The first kappa shape index (κ1) is 19.8. The van der Waals surface area contributed by atoms with Crippen LogP contribution < -0.4 is 14.9 Å². The highest BCUT2D eigenvalue weighted by Gasteiger charge is 2.29. The summed E-state index contributed by atoms with van der Waals surface area (Å²) in [5.41, 5.74) is 1.89. The molecule has 0 saturated carbocycles. The number of fused-ring (bicyclic) bond motifs is 1. The Balaban J connectivity index is 2.18. The average Bonchev–Trinajstić information content (AvgIpc) is 2.93. The summed E-state index contributed by atoms with van der Waals surface area (Å²) in [6.45, 7) is 5.92. The molecule has 2 heterocycles. The Morgan fingerprint density at radius 3 is 2.67 bits per heavy atom. The van der Waals surface area contributed by atoms with Crippen molar-refractivity contribution in [3.05, 3.63) is 59.6 Å². The Kier molecular flexibility index (Phi) is 6.11. The summed E-state index contributed by atoms with van der Waals surface area (Å²) in [6, 6.07) is 7.48. The molecule has 0 fully saturated rings. The van der Waals surface area contributed by atoms with Gasteiger partial charge in [-0.25, -0.2) is 9.79 Å². The van der Waals surface area contributed by atoms with Gasteiger partial charge in [-0.1, -0.05) is 52.7 Å². The second-order valence-corrected chi connectivity index (χ2v) is 8.16. The van der Waals surface area contributed by atoms with E-state index in [4.69, 9.17) is 9.73 Å². The van der Waals surface area contributed by atoms with Gasteiger partial charge in [0, 0.05) is 10.2 Å². The maximum absolute atomic E-state index is 13.0. The third-order valence-electron chi connectivity index (χ3n) is 4.36. The maximum atomic E-state index is 13.0. The summed E-state index contributed by atoms with van der Waals surface area (Å²) in [6.07, 6.45) is 3.48. The highest BCUT2D eigenvalue weighted by Crippen LogP contribution is 2.23. The number of hydrogen-bond donors (Lipinski definition) is 0. The van der Waals surface area contributed by atoms with Crippen molar-refractivity contribution in [2.75, 3.05) is 6.61 Å². The second kappa shape index (κ2) is 8.35. The third-order valence-corrected chi connectivity index (χ3v) is 5.87. The average molecular weight is 449 g/mol. The van der Waals surface area contributed by atoms with E-state index in [1.54, 1.807) is 13.8 Å². The van der Waals surface area contributed by atoms with E-state index in [1.165, 1.54) is 15.9 Å². The molecule has 27 heavy (non-hydrogen) atoms. The molecule has 0 spiro atoms. The van der Waals surface area contributed by atoms with E-state index >= 15 is 0 Å². The Morgan fingerprint density at radius 2 is 2.04 bits per heavy atom. The number of carbonyl (C=O) groups excluding carboxylic acids is 1. The van der Waals surface area contributed by atoms with Gasteiger partial charge in [0.2, 0.25) is 0 Å². The number of benzene rings is 1. The van der Waals surface area contributed by atoms with Crippen molar-refractivity contribution in [3.63, 3.8) is 0 Å². The quantitative estimate of drug-likeness (QED) is 0.660.